The van der Waals surface area contributed by atoms with Crippen molar-refractivity contribution in [2.45, 2.75) is 47.0 Å². The summed E-state index contributed by atoms with van der Waals surface area (Å²) in [7, 11) is 0. The van der Waals surface area contributed by atoms with Gasteiger partial charge >= 0.3 is 0 Å². The van der Waals surface area contributed by atoms with Crippen LogP contribution in [0.15, 0.2) is 48.5 Å². The minimum absolute atomic E-state index is 0.0696. The Morgan fingerprint density at radius 1 is 1.03 bits per heavy atom. The van der Waals surface area contributed by atoms with E-state index in [1.54, 1.807) is 16.2 Å². The molecule has 1 heterocycles. The smallest absolute Gasteiger partial charge is 0.233 e. The molecule has 0 bridgehead atoms. The molecular weight excluding hydrogens is 380 g/mol. The number of aromatic nitrogens is 1. The molecule has 0 atom stereocenters. The summed E-state index contributed by atoms with van der Waals surface area (Å²) in [5, 5.41) is 0.711. The first-order valence-electron chi connectivity index (χ1n) is 10.1. The molecule has 152 valence electrons. The molecule has 29 heavy (non-hydrogen) atoms. The number of aryl methyl sites for hydroxylation is 2. The Morgan fingerprint density at radius 3 is 2.34 bits per heavy atom. The van der Waals surface area contributed by atoms with E-state index in [-0.39, 0.29) is 5.91 Å². The second-order valence-electron chi connectivity index (χ2n) is 7.03. The number of carbonyl (C=O) groups excluding carboxylic acids is 1. The van der Waals surface area contributed by atoms with Gasteiger partial charge in [0, 0.05) is 16.9 Å². The van der Waals surface area contributed by atoms with Gasteiger partial charge in [-0.25, -0.2) is 4.98 Å². The molecule has 4 nitrogen and oxygen atoms in total. The van der Waals surface area contributed by atoms with Crippen molar-refractivity contribution in [2.75, 3.05) is 11.5 Å². The average Bonchev–Trinajstić information content (AvgIpc) is 3.09. The lowest BCUT2D eigenvalue weighted by Gasteiger charge is -2.20. The Hall–Kier alpha value is -2.66. The topological polar surface area (TPSA) is 42.4 Å². The number of carbonyl (C=O) groups is 1. The van der Waals surface area contributed by atoms with Gasteiger partial charge in [-0.05, 0) is 51.5 Å². The summed E-state index contributed by atoms with van der Waals surface area (Å²) in [4.78, 5) is 20.8. The number of hydrogen-bond donors (Lipinski definition) is 0. The quantitative estimate of drug-likeness (QED) is 0.417. The van der Waals surface area contributed by atoms with Crippen molar-refractivity contribution in [1.82, 2.24) is 4.98 Å². The first kappa shape index (κ1) is 21.1. The molecule has 3 aromatic rings. The highest BCUT2D eigenvalue weighted by Crippen LogP contribution is 2.37. The number of thiazole rings is 1. The molecular formula is C24H28N2O2S. The SMILES string of the molecule is CCCCC(=O)N(c1ccc(OCC)cc1)c1nc(-c2ccc(C)cc2)c(C)s1. The number of rotatable bonds is 8. The summed E-state index contributed by atoms with van der Waals surface area (Å²) >= 11 is 1.56. The predicted octanol–water partition coefficient (Wildman–Crippen LogP) is 6.68. The van der Waals surface area contributed by atoms with E-state index < -0.39 is 0 Å². The summed E-state index contributed by atoms with van der Waals surface area (Å²) in [6.07, 6.45) is 2.35. The molecule has 0 radical (unpaired) electrons. The van der Waals surface area contributed by atoms with Gasteiger partial charge in [-0.2, -0.15) is 0 Å². The van der Waals surface area contributed by atoms with Crippen LogP contribution in [0.5, 0.6) is 5.75 Å². The first-order chi connectivity index (χ1) is 14.0. The van der Waals surface area contributed by atoms with Crippen molar-refractivity contribution in [1.29, 1.82) is 0 Å². The van der Waals surface area contributed by atoms with Gasteiger partial charge in [-0.1, -0.05) is 43.2 Å². The zero-order chi connectivity index (χ0) is 20.8. The number of unbranched alkanes of at least 4 members (excludes halogenated alkanes) is 1. The van der Waals surface area contributed by atoms with Gasteiger partial charge < -0.3 is 4.74 Å². The molecule has 0 aliphatic carbocycles. The van der Waals surface area contributed by atoms with Crippen LogP contribution in [0.1, 0.15) is 43.6 Å². The highest BCUT2D eigenvalue weighted by Gasteiger charge is 2.23. The maximum absolute atomic E-state index is 13.1. The Bertz CT molecular complexity index is 946. The van der Waals surface area contributed by atoms with E-state index in [2.05, 4.69) is 45.0 Å². The number of anilines is 2. The van der Waals surface area contributed by atoms with E-state index in [0.717, 1.165) is 40.4 Å². The lowest BCUT2D eigenvalue weighted by Crippen LogP contribution is -2.25. The van der Waals surface area contributed by atoms with Crippen molar-refractivity contribution in [2.24, 2.45) is 0 Å². The van der Waals surface area contributed by atoms with Crippen molar-refractivity contribution in [3.8, 4) is 17.0 Å². The molecule has 0 saturated heterocycles. The van der Waals surface area contributed by atoms with Gasteiger partial charge in [0.25, 0.3) is 0 Å². The van der Waals surface area contributed by atoms with E-state index in [9.17, 15) is 4.79 Å². The fourth-order valence-electron chi connectivity index (χ4n) is 3.12. The largest absolute Gasteiger partial charge is 0.494 e. The average molecular weight is 409 g/mol. The van der Waals surface area contributed by atoms with Crippen molar-refractivity contribution >= 4 is 28.1 Å². The van der Waals surface area contributed by atoms with Gasteiger partial charge in [-0.15, -0.1) is 11.3 Å². The highest BCUT2D eigenvalue weighted by atomic mass is 32.1. The molecule has 2 aromatic carbocycles. The van der Waals surface area contributed by atoms with E-state index in [4.69, 9.17) is 9.72 Å². The minimum Gasteiger partial charge on any atom is -0.494 e. The zero-order valence-electron chi connectivity index (χ0n) is 17.6. The fourth-order valence-corrected chi connectivity index (χ4v) is 4.09. The second-order valence-corrected chi connectivity index (χ2v) is 8.21. The van der Waals surface area contributed by atoms with E-state index in [0.29, 0.717) is 18.2 Å². The Balaban J connectivity index is 1.98. The number of hydrogen-bond acceptors (Lipinski definition) is 4. The lowest BCUT2D eigenvalue weighted by molar-refractivity contribution is -0.118. The van der Waals surface area contributed by atoms with Gasteiger partial charge in [-0.3, -0.25) is 9.69 Å². The first-order valence-corrected chi connectivity index (χ1v) is 11.0. The molecule has 0 saturated carbocycles. The molecule has 3 rings (SSSR count). The monoisotopic (exact) mass is 408 g/mol. The molecule has 0 spiro atoms. The van der Waals surface area contributed by atoms with Crippen LogP contribution in [0.3, 0.4) is 0 Å². The fraction of sp³-hybridized carbons (Fsp3) is 0.333. The van der Waals surface area contributed by atoms with Crippen molar-refractivity contribution < 1.29 is 9.53 Å². The molecule has 1 aromatic heterocycles. The number of benzene rings is 2. The summed E-state index contributed by atoms with van der Waals surface area (Å²) in [5.74, 6) is 0.869. The van der Waals surface area contributed by atoms with E-state index >= 15 is 0 Å². The van der Waals surface area contributed by atoms with Crippen LogP contribution in [0.25, 0.3) is 11.3 Å². The second kappa shape index (κ2) is 9.70. The van der Waals surface area contributed by atoms with E-state index in [1.165, 1.54) is 5.56 Å². The van der Waals surface area contributed by atoms with Gasteiger partial charge in [0.05, 0.1) is 18.0 Å². The molecule has 0 fully saturated rings. The third kappa shape index (κ3) is 5.04. The van der Waals surface area contributed by atoms with Crippen LogP contribution in [-0.2, 0) is 4.79 Å². The standard InChI is InChI=1S/C24H28N2O2S/c1-5-7-8-22(27)26(20-13-15-21(16-14-20)28-6-2)24-25-23(18(4)29-24)19-11-9-17(3)10-12-19/h9-16H,5-8H2,1-4H3. The Labute approximate surface area is 177 Å². The van der Waals surface area contributed by atoms with Crippen LogP contribution >= 0.6 is 11.3 Å². The maximum Gasteiger partial charge on any atom is 0.233 e. The van der Waals surface area contributed by atoms with E-state index in [1.807, 2.05) is 31.2 Å². The lowest BCUT2D eigenvalue weighted by atomic mass is 10.1. The van der Waals surface area contributed by atoms with Crippen LogP contribution in [-0.4, -0.2) is 17.5 Å². The van der Waals surface area contributed by atoms with Crippen molar-refractivity contribution in [3.63, 3.8) is 0 Å². The van der Waals surface area contributed by atoms with Crippen LogP contribution in [0.2, 0.25) is 0 Å². The van der Waals surface area contributed by atoms with Gasteiger partial charge in [0.2, 0.25) is 5.91 Å². The third-order valence-corrected chi connectivity index (χ3v) is 5.66. The maximum atomic E-state index is 13.1. The number of ether oxygens (including phenoxy) is 1. The zero-order valence-corrected chi connectivity index (χ0v) is 18.4. The van der Waals surface area contributed by atoms with Crippen LogP contribution in [0, 0.1) is 13.8 Å². The number of amides is 1. The summed E-state index contributed by atoms with van der Waals surface area (Å²) in [5.41, 5.74) is 4.04. The highest BCUT2D eigenvalue weighted by molar-refractivity contribution is 7.16. The van der Waals surface area contributed by atoms with Gasteiger partial charge in [0.15, 0.2) is 5.13 Å². The summed E-state index contributed by atoms with van der Waals surface area (Å²) in [6.45, 7) is 8.80. The summed E-state index contributed by atoms with van der Waals surface area (Å²) < 4.78 is 5.55. The normalized spacial score (nSPS) is 10.8. The molecule has 0 N–H and O–H groups in total. The Morgan fingerprint density at radius 2 is 1.72 bits per heavy atom. The molecule has 5 heteroatoms. The molecule has 0 unspecified atom stereocenters. The minimum atomic E-state index is 0.0696. The van der Waals surface area contributed by atoms with Gasteiger partial charge in [0.1, 0.15) is 5.75 Å². The van der Waals surface area contributed by atoms with Crippen molar-refractivity contribution in [3.05, 3.63) is 59.0 Å². The number of nitrogens with zero attached hydrogens (tertiary/aromatic N) is 2. The molecule has 1 amide bonds. The third-order valence-electron chi connectivity index (χ3n) is 4.70. The Kier molecular flexibility index (Phi) is 7.04. The van der Waals surface area contributed by atoms with Crippen LogP contribution in [0.4, 0.5) is 10.8 Å². The molecule has 0 aliphatic heterocycles. The van der Waals surface area contributed by atoms with Crippen LogP contribution < -0.4 is 9.64 Å². The summed E-state index contributed by atoms with van der Waals surface area (Å²) in [6, 6.07) is 16.0. The predicted molar refractivity (Wildman–Crippen MR) is 121 cm³/mol. The molecule has 0 aliphatic rings.